The van der Waals surface area contributed by atoms with Crippen LogP contribution in [0.5, 0.6) is 11.5 Å². The van der Waals surface area contributed by atoms with E-state index in [2.05, 4.69) is 10.2 Å². The second-order valence-corrected chi connectivity index (χ2v) is 8.90. The van der Waals surface area contributed by atoms with Gasteiger partial charge in [0.25, 0.3) is 5.91 Å². The number of benzene rings is 3. The van der Waals surface area contributed by atoms with Crippen molar-refractivity contribution < 1.29 is 27.5 Å². The summed E-state index contributed by atoms with van der Waals surface area (Å²) in [5.74, 6) is -0.0518. The van der Waals surface area contributed by atoms with Crippen molar-refractivity contribution in [2.45, 2.75) is 19.3 Å². The summed E-state index contributed by atoms with van der Waals surface area (Å²) in [5.41, 5.74) is 11.6. The van der Waals surface area contributed by atoms with Crippen LogP contribution in [0, 0.1) is 0 Å². The van der Waals surface area contributed by atoms with Gasteiger partial charge in [-0.15, -0.1) is 0 Å². The van der Waals surface area contributed by atoms with Crippen LogP contribution in [-0.2, 0) is 19.3 Å². The lowest BCUT2D eigenvalue weighted by atomic mass is 10.1. The van der Waals surface area contributed by atoms with Gasteiger partial charge in [-0.1, -0.05) is 30.3 Å². The standard InChI is InChI=1S/C27H28F3N5O3/c28-27(29,30)20-9-8-19(17-34-12-10-33-11-13-34)23(15-20)35(26(32)37)16-18-4-3-5-21(14-18)38-24-7-2-1-6-22(24)25(31)36/h1-9,14-15,33H,10-13,16-17H2,(H2,31,36)(H2,32,37). The molecule has 1 saturated heterocycles. The molecular weight excluding hydrogens is 499 g/mol. The molecule has 0 spiro atoms. The summed E-state index contributed by atoms with van der Waals surface area (Å²) in [6.07, 6.45) is -4.59. The summed E-state index contributed by atoms with van der Waals surface area (Å²) in [7, 11) is 0. The minimum absolute atomic E-state index is 0.0938. The molecule has 200 valence electrons. The van der Waals surface area contributed by atoms with E-state index in [1.54, 1.807) is 42.5 Å². The van der Waals surface area contributed by atoms with Crippen molar-refractivity contribution in [2.75, 3.05) is 31.1 Å². The van der Waals surface area contributed by atoms with Gasteiger partial charge in [0.15, 0.2) is 0 Å². The predicted molar refractivity (Wildman–Crippen MR) is 137 cm³/mol. The molecule has 1 heterocycles. The Balaban J connectivity index is 1.65. The van der Waals surface area contributed by atoms with E-state index in [1.807, 2.05) is 0 Å². The van der Waals surface area contributed by atoms with E-state index in [9.17, 15) is 22.8 Å². The first-order valence-electron chi connectivity index (χ1n) is 12.0. The van der Waals surface area contributed by atoms with E-state index in [4.69, 9.17) is 16.2 Å². The fourth-order valence-electron chi connectivity index (χ4n) is 4.29. The maximum atomic E-state index is 13.6. The predicted octanol–water partition coefficient (Wildman–Crippen LogP) is 4.09. The third kappa shape index (κ3) is 6.61. The summed E-state index contributed by atoms with van der Waals surface area (Å²) in [6, 6.07) is 15.6. The van der Waals surface area contributed by atoms with Crippen molar-refractivity contribution in [1.82, 2.24) is 10.2 Å². The normalized spacial score (nSPS) is 14.2. The third-order valence-corrected chi connectivity index (χ3v) is 6.19. The Morgan fingerprint density at radius 1 is 0.974 bits per heavy atom. The zero-order valence-corrected chi connectivity index (χ0v) is 20.5. The van der Waals surface area contributed by atoms with E-state index < -0.39 is 23.7 Å². The molecule has 8 nitrogen and oxygen atoms in total. The zero-order chi connectivity index (χ0) is 27.3. The molecule has 1 fully saturated rings. The van der Waals surface area contributed by atoms with Gasteiger partial charge in [-0.3, -0.25) is 14.6 Å². The number of piperazine rings is 1. The van der Waals surface area contributed by atoms with Gasteiger partial charge in [-0.2, -0.15) is 13.2 Å². The van der Waals surface area contributed by atoms with Gasteiger partial charge in [-0.05, 0) is 47.5 Å². The topological polar surface area (TPSA) is 114 Å². The van der Waals surface area contributed by atoms with E-state index in [0.717, 1.165) is 43.2 Å². The molecule has 38 heavy (non-hydrogen) atoms. The maximum absolute atomic E-state index is 13.6. The molecule has 0 bridgehead atoms. The van der Waals surface area contributed by atoms with Crippen molar-refractivity contribution >= 4 is 17.6 Å². The van der Waals surface area contributed by atoms with Gasteiger partial charge in [0.2, 0.25) is 0 Å². The van der Waals surface area contributed by atoms with Crippen LogP contribution in [0.4, 0.5) is 23.7 Å². The lowest BCUT2D eigenvalue weighted by Gasteiger charge is -2.30. The Hall–Kier alpha value is -4.09. The fourth-order valence-corrected chi connectivity index (χ4v) is 4.29. The number of primary amides is 2. The molecule has 5 N–H and O–H groups in total. The first-order valence-corrected chi connectivity index (χ1v) is 12.0. The average Bonchev–Trinajstić information content (AvgIpc) is 2.88. The van der Waals surface area contributed by atoms with Gasteiger partial charge >= 0.3 is 12.2 Å². The third-order valence-electron chi connectivity index (χ3n) is 6.19. The summed E-state index contributed by atoms with van der Waals surface area (Å²) in [5, 5.41) is 3.24. The number of anilines is 1. The molecule has 0 atom stereocenters. The highest BCUT2D eigenvalue weighted by molar-refractivity contribution is 5.95. The van der Waals surface area contributed by atoms with Crippen molar-refractivity contribution in [3.8, 4) is 11.5 Å². The van der Waals surface area contributed by atoms with Crippen molar-refractivity contribution in [3.05, 3.63) is 89.0 Å². The molecule has 3 aromatic carbocycles. The highest BCUT2D eigenvalue weighted by Gasteiger charge is 2.32. The largest absolute Gasteiger partial charge is 0.457 e. The number of carbonyl (C=O) groups excluding carboxylic acids is 2. The molecule has 0 aromatic heterocycles. The number of alkyl halides is 3. The number of nitrogens with zero attached hydrogens (tertiary/aromatic N) is 2. The van der Waals surface area contributed by atoms with Gasteiger partial charge in [0.05, 0.1) is 23.4 Å². The summed E-state index contributed by atoms with van der Waals surface area (Å²) in [4.78, 5) is 27.5. The van der Waals surface area contributed by atoms with Crippen LogP contribution in [-0.4, -0.2) is 43.0 Å². The first-order chi connectivity index (χ1) is 18.1. The van der Waals surface area contributed by atoms with Crippen LogP contribution in [0.25, 0.3) is 0 Å². The molecule has 3 amide bonds. The van der Waals surface area contributed by atoms with Crippen molar-refractivity contribution in [3.63, 3.8) is 0 Å². The van der Waals surface area contributed by atoms with E-state index in [0.29, 0.717) is 23.4 Å². The molecule has 3 aromatic rings. The highest BCUT2D eigenvalue weighted by Crippen LogP contribution is 2.35. The monoisotopic (exact) mass is 527 g/mol. The van der Waals surface area contributed by atoms with Gasteiger partial charge in [0, 0.05) is 32.7 Å². The Kier molecular flexibility index (Phi) is 8.18. The molecule has 1 aliphatic heterocycles. The van der Waals surface area contributed by atoms with Gasteiger partial charge in [0.1, 0.15) is 11.5 Å². The number of para-hydroxylation sites is 1. The Morgan fingerprint density at radius 3 is 2.39 bits per heavy atom. The van der Waals surface area contributed by atoms with E-state index in [1.165, 1.54) is 12.1 Å². The molecule has 4 rings (SSSR count). The number of amides is 3. The SMILES string of the molecule is NC(=O)c1ccccc1Oc1cccc(CN(C(N)=O)c2cc(C(F)(F)F)ccc2CN2CCNCC2)c1. The van der Waals surface area contributed by atoms with Crippen LogP contribution in [0.2, 0.25) is 0 Å². The van der Waals surface area contributed by atoms with Crippen molar-refractivity contribution in [2.24, 2.45) is 11.5 Å². The van der Waals surface area contributed by atoms with Crippen LogP contribution < -0.4 is 26.4 Å². The minimum atomic E-state index is -4.59. The molecular formula is C27H28F3N5O3. The second-order valence-electron chi connectivity index (χ2n) is 8.90. The summed E-state index contributed by atoms with van der Waals surface area (Å²) in [6.45, 7) is 3.25. The molecule has 0 aliphatic carbocycles. The molecule has 0 unspecified atom stereocenters. The molecule has 0 saturated carbocycles. The number of hydrogen-bond donors (Lipinski definition) is 3. The molecule has 0 radical (unpaired) electrons. The molecule has 11 heteroatoms. The quantitative estimate of drug-likeness (QED) is 0.409. The lowest BCUT2D eigenvalue weighted by molar-refractivity contribution is -0.137. The summed E-state index contributed by atoms with van der Waals surface area (Å²) >= 11 is 0. The Bertz CT molecular complexity index is 1310. The maximum Gasteiger partial charge on any atom is 0.416 e. The van der Waals surface area contributed by atoms with Crippen molar-refractivity contribution in [1.29, 1.82) is 0 Å². The molecule has 1 aliphatic rings. The number of carbonyl (C=O) groups is 2. The minimum Gasteiger partial charge on any atom is -0.457 e. The lowest BCUT2D eigenvalue weighted by Crippen LogP contribution is -2.43. The zero-order valence-electron chi connectivity index (χ0n) is 20.5. The van der Waals surface area contributed by atoms with Crippen LogP contribution >= 0.6 is 0 Å². The number of rotatable bonds is 8. The van der Waals surface area contributed by atoms with Crippen LogP contribution in [0.15, 0.2) is 66.7 Å². The van der Waals surface area contributed by atoms with Crippen LogP contribution in [0.1, 0.15) is 27.0 Å². The first kappa shape index (κ1) is 27.0. The Labute approximate surface area is 218 Å². The average molecular weight is 528 g/mol. The number of hydrogen-bond acceptors (Lipinski definition) is 5. The van der Waals surface area contributed by atoms with Gasteiger partial charge in [-0.25, -0.2) is 4.79 Å². The number of nitrogens with one attached hydrogen (secondary N) is 1. The summed E-state index contributed by atoms with van der Waals surface area (Å²) < 4.78 is 46.6. The van der Waals surface area contributed by atoms with Crippen LogP contribution in [0.3, 0.4) is 0 Å². The number of urea groups is 1. The van der Waals surface area contributed by atoms with E-state index >= 15 is 0 Å². The highest BCUT2D eigenvalue weighted by atomic mass is 19.4. The second kappa shape index (κ2) is 11.5. The number of nitrogens with two attached hydrogens (primary N) is 2. The Morgan fingerprint density at radius 2 is 1.71 bits per heavy atom. The van der Waals surface area contributed by atoms with E-state index in [-0.39, 0.29) is 23.5 Å². The fraction of sp³-hybridized carbons (Fsp3) is 0.259. The van der Waals surface area contributed by atoms with Gasteiger partial charge < -0.3 is 21.5 Å². The number of ether oxygens (including phenoxy) is 1. The smallest absolute Gasteiger partial charge is 0.416 e. The number of halogens is 3.